The van der Waals surface area contributed by atoms with Gasteiger partial charge in [-0.3, -0.25) is 4.90 Å². The van der Waals surface area contributed by atoms with E-state index < -0.39 is 5.97 Å². The highest BCUT2D eigenvalue weighted by atomic mass is 16.4. The number of imidazole rings is 1. The van der Waals surface area contributed by atoms with Crippen LogP contribution in [0.3, 0.4) is 0 Å². The molecule has 5 heteroatoms. The topological polar surface area (TPSA) is 58.4 Å². The molecule has 0 unspecified atom stereocenters. The molecule has 0 amide bonds. The van der Waals surface area contributed by atoms with Crippen LogP contribution in [0.4, 0.5) is 0 Å². The van der Waals surface area contributed by atoms with Gasteiger partial charge in [0.25, 0.3) is 0 Å². The number of fused-ring (bicyclic) bond motifs is 2. The van der Waals surface area contributed by atoms with Gasteiger partial charge < -0.3 is 9.67 Å². The molecule has 0 radical (unpaired) electrons. The second-order valence-corrected chi connectivity index (χ2v) is 5.81. The van der Waals surface area contributed by atoms with Gasteiger partial charge in [0.15, 0.2) is 0 Å². The first-order chi connectivity index (χ1) is 10.2. The predicted molar refractivity (Wildman–Crippen MR) is 76.9 cm³/mol. The number of nitrogens with zero attached hydrogens (tertiary/aromatic N) is 3. The Morgan fingerprint density at radius 2 is 2.24 bits per heavy atom. The molecule has 3 heterocycles. The van der Waals surface area contributed by atoms with Crippen molar-refractivity contribution in [2.45, 2.75) is 39.0 Å². The second-order valence-electron chi connectivity index (χ2n) is 5.81. The van der Waals surface area contributed by atoms with Crippen LogP contribution in [0.1, 0.15) is 39.4 Å². The lowest BCUT2D eigenvalue weighted by Crippen LogP contribution is -2.18. The molecule has 1 aromatic heterocycles. The van der Waals surface area contributed by atoms with Crippen LogP contribution in [-0.4, -0.2) is 25.5 Å². The van der Waals surface area contributed by atoms with Crippen molar-refractivity contribution in [1.82, 2.24) is 14.5 Å². The van der Waals surface area contributed by atoms with Gasteiger partial charge in [0.1, 0.15) is 5.82 Å². The maximum absolute atomic E-state index is 11.3. The zero-order valence-electron chi connectivity index (χ0n) is 11.7. The number of carboxylic acids is 1. The summed E-state index contributed by atoms with van der Waals surface area (Å²) in [6, 6.07) is 5.56. The Hall–Kier alpha value is -2.14. The van der Waals surface area contributed by atoms with Crippen LogP contribution >= 0.6 is 0 Å². The van der Waals surface area contributed by atoms with E-state index in [1.54, 1.807) is 6.07 Å². The van der Waals surface area contributed by atoms with Gasteiger partial charge in [-0.15, -0.1) is 0 Å². The lowest BCUT2D eigenvalue weighted by Gasteiger charge is -2.15. The van der Waals surface area contributed by atoms with E-state index in [1.165, 1.54) is 17.9 Å². The zero-order valence-corrected chi connectivity index (χ0v) is 11.7. The van der Waals surface area contributed by atoms with Crippen molar-refractivity contribution in [3.05, 3.63) is 52.6 Å². The van der Waals surface area contributed by atoms with Gasteiger partial charge in [0.2, 0.25) is 0 Å². The number of aromatic carboxylic acids is 1. The first-order valence-corrected chi connectivity index (χ1v) is 7.32. The SMILES string of the molecule is O=C(O)c1cccc2c1CN(Cc1cnc3n1CCC3)C2. The Bertz CT molecular complexity index is 720. The van der Waals surface area contributed by atoms with Crippen LogP contribution in [0.25, 0.3) is 0 Å². The Balaban J connectivity index is 1.57. The number of carbonyl (C=O) groups is 1. The number of aromatic nitrogens is 2. The predicted octanol–water partition coefficient (Wildman–Crippen LogP) is 2.04. The van der Waals surface area contributed by atoms with Crippen molar-refractivity contribution >= 4 is 5.97 Å². The maximum Gasteiger partial charge on any atom is 0.336 e. The molecule has 1 N–H and O–H groups in total. The molecule has 21 heavy (non-hydrogen) atoms. The molecule has 0 bridgehead atoms. The fourth-order valence-corrected chi connectivity index (χ4v) is 3.48. The molecule has 1 aromatic carbocycles. The lowest BCUT2D eigenvalue weighted by atomic mass is 10.0. The van der Waals surface area contributed by atoms with Crippen molar-refractivity contribution in [1.29, 1.82) is 0 Å². The van der Waals surface area contributed by atoms with Crippen LogP contribution in [-0.2, 0) is 32.6 Å². The summed E-state index contributed by atoms with van der Waals surface area (Å²) in [6.45, 7) is 3.42. The van der Waals surface area contributed by atoms with E-state index in [4.69, 9.17) is 0 Å². The summed E-state index contributed by atoms with van der Waals surface area (Å²) in [6.07, 6.45) is 4.22. The normalized spacial score (nSPS) is 17.0. The highest BCUT2D eigenvalue weighted by Gasteiger charge is 2.25. The van der Waals surface area contributed by atoms with Crippen LogP contribution in [0.5, 0.6) is 0 Å². The molecule has 0 aliphatic carbocycles. The third-order valence-corrected chi connectivity index (χ3v) is 4.47. The minimum Gasteiger partial charge on any atom is -0.478 e. The number of rotatable bonds is 3. The number of hydrogen-bond donors (Lipinski definition) is 1. The molecule has 0 fully saturated rings. The Morgan fingerprint density at radius 1 is 1.33 bits per heavy atom. The molecule has 2 aliphatic heterocycles. The summed E-state index contributed by atoms with van der Waals surface area (Å²) in [5, 5.41) is 9.29. The lowest BCUT2D eigenvalue weighted by molar-refractivity contribution is 0.0695. The first kappa shape index (κ1) is 12.6. The van der Waals surface area contributed by atoms with Gasteiger partial charge in [0, 0.05) is 38.8 Å². The molecule has 0 atom stereocenters. The number of aryl methyl sites for hydroxylation is 1. The minimum absolute atomic E-state index is 0.438. The average Bonchev–Trinajstić information content (AvgIpc) is 3.14. The van der Waals surface area contributed by atoms with Crippen molar-refractivity contribution in [3.8, 4) is 0 Å². The van der Waals surface area contributed by atoms with E-state index in [2.05, 4.69) is 14.5 Å². The molecule has 0 saturated heterocycles. The van der Waals surface area contributed by atoms with Crippen molar-refractivity contribution in [3.63, 3.8) is 0 Å². The third kappa shape index (κ3) is 2.05. The second kappa shape index (κ2) is 4.70. The van der Waals surface area contributed by atoms with Gasteiger partial charge in [-0.2, -0.15) is 0 Å². The molecular weight excluding hydrogens is 266 g/mol. The van der Waals surface area contributed by atoms with Gasteiger partial charge >= 0.3 is 5.97 Å². The smallest absolute Gasteiger partial charge is 0.336 e. The number of carboxylic acid groups (broad SMARTS) is 1. The summed E-state index contributed by atoms with van der Waals surface area (Å²) in [4.78, 5) is 18.1. The summed E-state index contributed by atoms with van der Waals surface area (Å²) < 4.78 is 2.31. The van der Waals surface area contributed by atoms with E-state index in [9.17, 15) is 9.90 Å². The van der Waals surface area contributed by atoms with Gasteiger partial charge in [0.05, 0.1) is 11.3 Å². The Morgan fingerprint density at radius 3 is 3.10 bits per heavy atom. The van der Waals surface area contributed by atoms with Gasteiger partial charge in [-0.05, 0) is 23.6 Å². The van der Waals surface area contributed by atoms with Crippen LogP contribution < -0.4 is 0 Å². The molecule has 2 aromatic rings. The van der Waals surface area contributed by atoms with Crippen LogP contribution in [0, 0.1) is 0 Å². The highest BCUT2D eigenvalue weighted by molar-refractivity contribution is 5.90. The van der Waals surface area contributed by atoms with Gasteiger partial charge in [-0.25, -0.2) is 9.78 Å². The number of hydrogen-bond acceptors (Lipinski definition) is 3. The summed E-state index contributed by atoms with van der Waals surface area (Å²) in [5.74, 6) is 0.354. The quantitative estimate of drug-likeness (QED) is 0.936. The van der Waals surface area contributed by atoms with Crippen molar-refractivity contribution in [2.24, 2.45) is 0 Å². The molecule has 108 valence electrons. The molecule has 5 nitrogen and oxygen atoms in total. The van der Waals surface area contributed by atoms with Crippen molar-refractivity contribution in [2.75, 3.05) is 0 Å². The molecular formula is C16H17N3O2. The fraction of sp³-hybridized carbons (Fsp3) is 0.375. The zero-order chi connectivity index (χ0) is 14.4. The third-order valence-electron chi connectivity index (χ3n) is 4.47. The molecule has 0 spiro atoms. The molecule has 0 saturated carbocycles. The molecule has 2 aliphatic rings. The molecule has 4 rings (SSSR count). The summed E-state index contributed by atoms with van der Waals surface area (Å²) in [5.41, 5.74) is 3.78. The monoisotopic (exact) mass is 283 g/mol. The fourth-order valence-electron chi connectivity index (χ4n) is 3.48. The van der Waals surface area contributed by atoms with Crippen molar-refractivity contribution < 1.29 is 9.90 Å². The standard InChI is InChI=1S/C16H17N3O2/c20-16(21)13-4-1-3-11-8-18(10-14(11)13)9-12-7-17-15-5-2-6-19(12)15/h1,3-4,7H,2,5-6,8-10H2,(H,20,21). The van der Waals surface area contributed by atoms with E-state index in [-0.39, 0.29) is 0 Å². The average molecular weight is 283 g/mol. The van der Waals surface area contributed by atoms with E-state index in [0.29, 0.717) is 12.1 Å². The summed E-state index contributed by atoms with van der Waals surface area (Å²) >= 11 is 0. The Kier molecular flexibility index (Phi) is 2.82. The van der Waals surface area contributed by atoms with Gasteiger partial charge in [-0.1, -0.05) is 12.1 Å². The van der Waals surface area contributed by atoms with Crippen LogP contribution in [0.15, 0.2) is 24.4 Å². The minimum atomic E-state index is -0.834. The van der Waals surface area contributed by atoms with E-state index in [1.807, 2.05) is 18.3 Å². The van der Waals surface area contributed by atoms with E-state index in [0.717, 1.165) is 37.2 Å². The van der Waals surface area contributed by atoms with Crippen LogP contribution in [0.2, 0.25) is 0 Å². The Labute approximate surface area is 122 Å². The number of benzene rings is 1. The maximum atomic E-state index is 11.3. The largest absolute Gasteiger partial charge is 0.478 e. The highest BCUT2D eigenvalue weighted by Crippen LogP contribution is 2.28. The van der Waals surface area contributed by atoms with E-state index >= 15 is 0 Å². The summed E-state index contributed by atoms with van der Waals surface area (Å²) in [7, 11) is 0. The first-order valence-electron chi connectivity index (χ1n) is 7.32.